The third-order valence-electron chi connectivity index (χ3n) is 3.52. The highest BCUT2D eigenvalue weighted by atomic mass is 32.1. The summed E-state index contributed by atoms with van der Waals surface area (Å²) in [6.45, 7) is 6.06. The van der Waals surface area contributed by atoms with Crippen LogP contribution in [0.25, 0.3) is 6.08 Å². The summed E-state index contributed by atoms with van der Waals surface area (Å²) < 4.78 is 0. The Morgan fingerprint density at radius 3 is 2.59 bits per heavy atom. The predicted octanol–water partition coefficient (Wildman–Crippen LogP) is 3.94. The van der Waals surface area contributed by atoms with Crippen LogP contribution in [0.4, 0.5) is 5.69 Å². The molecule has 1 amide bonds. The van der Waals surface area contributed by atoms with Gasteiger partial charge in [-0.3, -0.25) is 9.69 Å². The summed E-state index contributed by atoms with van der Waals surface area (Å²) in [5.74, 6) is -0.108. The Kier molecular flexibility index (Phi) is 3.85. The molecule has 1 aliphatic heterocycles. The van der Waals surface area contributed by atoms with Crippen LogP contribution >= 0.6 is 23.6 Å². The molecule has 0 saturated carbocycles. The molecule has 2 heterocycles. The van der Waals surface area contributed by atoms with Gasteiger partial charge in [-0.15, -0.1) is 11.3 Å². The summed E-state index contributed by atoms with van der Waals surface area (Å²) in [7, 11) is 0. The number of thiophene rings is 1. The maximum absolute atomic E-state index is 12.7. The van der Waals surface area contributed by atoms with Gasteiger partial charge >= 0.3 is 0 Å². The second kappa shape index (κ2) is 5.66. The number of benzene rings is 1. The summed E-state index contributed by atoms with van der Waals surface area (Å²) in [6.07, 6.45) is 1.86. The van der Waals surface area contributed by atoms with Crippen molar-refractivity contribution in [3.05, 3.63) is 56.9 Å². The summed E-state index contributed by atoms with van der Waals surface area (Å²) >= 11 is 7.00. The van der Waals surface area contributed by atoms with Crippen molar-refractivity contribution >= 4 is 46.3 Å². The van der Waals surface area contributed by atoms with Crippen LogP contribution in [0.1, 0.15) is 20.9 Å². The fraction of sp³-hybridized carbons (Fsp3) is 0.176. The highest BCUT2D eigenvalue weighted by Crippen LogP contribution is 2.27. The lowest BCUT2D eigenvalue weighted by Crippen LogP contribution is -2.30. The zero-order chi connectivity index (χ0) is 15.9. The van der Waals surface area contributed by atoms with Crippen molar-refractivity contribution in [2.75, 3.05) is 4.90 Å². The average Bonchev–Trinajstić information content (AvgIpc) is 2.96. The van der Waals surface area contributed by atoms with Crippen molar-refractivity contribution in [2.24, 2.45) is 0 Å². The minimum absolute atomic E-state index is 0.108. The van der Waals surface area contributed by atoms with Gasteiger partial charge in [0.05, 0.1) is 5.69 Å². The maximum atomic E-state index is 12.7. The molecule has 1 aromatic heterocycles. The quantitative estimate of drug-likeness (QED) is 0.669. The summed E-state index contributed by atoms with van der Waals surface area (Å²) in [4.78, 5) is 16.5. The van der Waals surface area contributed by atoms with Crippen molar-refractivity contribution in [1.29, 1.82) is 0 Å². The van der Waals surface area contributed by atoms with Crippen LogP contribution in [0, 0.1) is 20.8 Å². The van der Waals surface area contributed by atoms with E-state index in [1.165, 1.54) is 4.88 Å². The fourth-order valence-electron chi connectivity index (χ4n) is 2.48. The Balaban J connectivity index is 1.96. The average molecular weight is 328 g/mol. The molecule has 1 aliphatic rings. The van der Waals surface area contributed by atoms with Crippen LogP contribution in [-0.4, -0.2) is 11.0 Å². The molecule has 2 aromatic rings. The maximum Gasteiger partial charge on any atom is 0.281 e. The molecule has 22 heavy (non-hydrogen) atoms. The number of nitrogens with zero attached hydrogens (tertiary/aromatic N) is 1. The second-order valence-electron chi connectivity index (χ2n) is 5.37. The molecule has 0 bridgehead atoms. The molecule has 5 heteroatoms. The second-order valence-corrected chi connectivity index (χ2v) is 7.07. The number of thiocarbonyl (C=S) groups is 1. The predicted molar refractivity (Wildman–Crippen MR) is 96.2 cm³/mol. The van der Waals surface area contributed by atoms with Gasteiger partial charge in [-0.05, 0) is 62.8 Å². The summed E-state index contributed by atoms with van der Waals surface area (Å²) in [5, 5.41) is 3.45. The van der Waals surface area contributed by atoms with Crippen molar-refractivity contribution in [2.45, 2.75) is 20.8 Å². The van der Waals surface area contributed by atoms with E-state index in [0.29, 0.717) is 10.8 Å². The van der Waals surface area contributed by atoms with Gasteiger partial charge in [-0.1, -0.05) is 17.7 Å². The van der Waals surface area contributed by atoms with Crippen molar-refractivity contribution < 1.29 is 4.79 Å². The van der Waals surface area contributed by atoms with E-state index in [9.17, 15) is 4.79 Å². The minimum atomic E-state index is -0.108. The minimum Gasteiger partial charge on any atom is -0.327 e. The number of carbonyl (C=O) groups excluding carboxylic acids is 1. The molecule has 112 valence electrons. The van der Waals surface area contributed by atoms with Crippen molar-refractivity contribution in [1.82, 2.24) is 5.32 Å². The van der Waals surface area contributed by atoms with Crippen LogP contribution in [0.15, 0.2) is 36.0 Å². The molecule has 0 unspecified atom stereocenters. The van der Waals surface area contributed by atoms with E-state index in [-0.39, 0.29) is 5.91 Å². The van der Waals surface area contributed by atoms with Crippen LogP contribution in [0.3, 0.4) is 0 Å². The third-order valence-corrected chi connectivity index (χ3v) is 4.75. The summed E-state index contributed by atoms with van der Waals surface area (Å²) in [6, 6.07) is 10.0. The van der Waals surface area contributed by atoms with Gasteiger partial charge in [0.25, 0.3) is 5.91 Å². The largest absolute Gasteiger partial charge is 0.327 e. The summed E-state index contributed by atoms with van der Waals surface area (Å²) in [5.41, 5.74) is 3.55. The van der Waals surface area contributed by atoms with E-state index in [2.05, 4.69) is 11.4 Å². The monoisotopic (exact) mass is 328 g/mol. The number of rotatable bonds is 2. The number of amides is 1. The van der Waals surface area contributed by atoms with Crippen LogP contribution in [0.5, 0.6) is 0 Å². The Morgan fingerprint density at radius 2 is 1.95 bits per heavy atom. The van der Waals surface area contributed by atoms with E-state index < -0.39 is 0 Å². The number of carbonyl (C=O) groups is 1. The fourth-order valence-corrected chi connectivity index (χ4v) is 3.60. The molecule has 0 aliphatic carbocycles. The van der Waals surface area contributed by atoms with E-state index in [1.54, 1.807) is 16.2 Å². The first-order valence-corrected chi connectivity index (χ1v) is 8.19. The van der Waals surface area contributed by atoms with E-state index >= 15 is 0 Å². The number of hydrogen-bond donors (Lipinski definition) is 1. The van der Waals surface area contributed by atoms with Crippen LogP contribution in [-0.2, 0) is 4.79 Å². The molecule has 3 nitrogen and oxygen atoms in total. The van der Waals surface area contributed by atoms with E-state index in [0.717, 1.165) is 21.7 Å². The van der Waals surface area contributed by atoms with Crippen LogP contribution in [0.2, 0.25) is 0 Å². The lowest BCUT2D eigenvalue weighted by atomic mass is 10.1. The smallest absolute Gasteiger partial charge is 0.281 e. The van der Waals surface area contributed by atoms with Gasteiger partial charge in [0.2, 0.25) is 0 Å². The molecule has 1 saturated heterocycles. The Morgan fingerprint density at radius 1 is 1.18 bits per heavy atom. The van der Waals surface area contributed by atoms with Crippen LogP contribution < -0.4 is 10.2 Å². The lowest BCUT2D eigenvalue weighted by molar-refractivity contribution is -0.113. The number of anilines is 1. The van der Waals surface area contributed by atoms with Gasteiger partial charge in [0.1, 0.15) is 5.70 Å². The zero-order valence-electron chi connectivity index (χ0n) is 12.6. The number of aryl methyl sites for hydroxylation is 3. The Hall–Kier alpha value is -1.98. The highest BCUT2D eigenvalue weighted by Gasteiger charge is 2.32. The number of hydrogen-bond acceptors (Lipinski definition) is 3. The van der Waals surface area contributed by atoms with Gasteiger partial charge in [-0.2, -0.15) is 0 Å². The first kappa shape index (κ1) is 14.9. The lowest BCUT2D eigenvalue weighted by Gasteiger charge is -2.17. The molecule has 0 atom stereocenters. The zero-order valence-corrected chi connectivity index (χ0v) is 14.3. The molecular weight excluding hydrogens is 312 g/mol. The molecule has 1 aromatic carbocycles. The van der Waals surface area contributed by atoms with Gasteiger partial charge in [0.15, 0.2) is 5.11 Å². The molecule has 1 N–H and O–H groups in total. The molecule has 1 fully saturated rings. The molecule has 0 radical (unpaired) electrons. The van der Waals surface area contributed by atoms with Crippen molar-refractivity contribution in [3.63, 3.8) is 0 Å². The molecule has 0 spiro atoms. The van der Waals surface area contributed by atoms with Gasteiger partial charge in [0, 0.05) is 9.75 Å². The normalized spacial score (nSPS) is 16.5. The van der Waals surface area contributed by atoms with Crippen molar-refractivity contribution in [3.8, 4) is 0 Å². The molecular formula is C17H16N2OS2. The molecule has 3 rings (SSSR count). The topological polar surface area (TPSA) is 32.3 Å². The number of nitrogens with one attached hydrogen (secondary N) is 1. The first-order chi connectivity index (χ1) is 10.5. The first-order valence-electron chi connectivity index (χ1n) is 6.96. The third kappa shape index (κ3) is 2.69. The SMILES string of the molecule is Cc1ccc(N2C(=O)/C(=C/c3ccc(C)s3)NC2=S)c(C)c1. The Bertz CT molecular complexity index is 805. The Labute approximate surface area is 139 Å². The van der Waals surface area contributed by atoms with E-state index in [1.807, 2.05) is 51.1 Å². The van der Waals surface area contributed by atoms with Gasteiger partial charge < -0.3 is 5.32 Å². The van der Waals surface area contributed by atoms with Gasteiger partial charge in [-0.25, -0.2) is 0 Å². The highest BCUT2D eigenvalue weighted by molar-refractivity contribution is 7.80. The van der Waals surface area contributed by atoms with E-state index in [4.69, 9.17) is 12.2 Å². The standard InChI is InChI=1S/C17H16N2OS2/c1-10-4-7-15(11(2)8-10)19-16(20)14(18-17(19)21)9-13-6-5-12(3)22-13/h4-9H,1-3H3,(H,18,21)/b14-9-.